The first-order chi connectivity index (χ1) is 15.9. The van der Waals surface area contributed by atoms with Gasteiger partial charge in [0.25, 0.3) is 0 Å². The lowest BCUT2D eigenvalue weighted by atomic mass is 10.1. The molecule has 0 aliphatic rings. The van der Waals surface area contributed by atoms with Gasteiger partial charge in [0.15, 0.2) is 4.34 Å². The molecule has 0 radical (unpaired) electrons. The molecule has 33 heavy (non-hydrogen) atoms. The smallest absolute Gasteiger partial charge is 0.234 e. The summed E-state index contributed by atoms with van der Waals surface area (Å²) in [4.78, 5) is 29.2. The number of nitrogens with zero attached hydrogens (tertiary/aromatic N) is 5. The molecular weight excluding hydrogens is 478 g/mol. The van der Waals surface area contributed by atoms with E-state index in [1.54, 1.807) is 7.05 Å². The number of carbonyl (C=O) groups excluding carboxylic acids is 2. The summed E-state index contributed by atoms with van der Waals surface area (Å²) in [5.74, 6) is 0.248. The Balaban J connectivity index is 1.32. The highest BCUT2D eigenvalue weighted by Gasteiger charge is 2.12. The molecule has 0 atom stereocenters. The quantitative estimate of drug-likeness (QED) is 0.351. The van der Waals surface area contributed by atoms with E-state index in [1.165, 1.54) is 39.5 Å². The topological polar surface area (TPSA) is 115 Å². The van der Waals surface area contributed by atoms with Crippen LogP contribution in [-0.2, 0) is 16.6 Å². The van der Waals surface area contributed by atoms with Crippen LogP contribution in [0.5, 0.6) is 0 Å². The minimum Gasteiger partial charge on any atom is -0.325 e. The third-order valence-electron chi connectivity index (χ3n) is 4.77. The van der Waals surface area contributed by atoms with Gasteiger partial charge in [-0.25, -0.2) is 9.67 Å². The standard InChI is InChI=1S/C21H21N7O2S3/c1-12-5-4-6-15(13(12)2)23-19(30)11-32-21-24-16-8-7-14(9-17(16)33-21)22-18(29)10-31-20-25-26-27-28(20)3/h4-9H,10-11H2,1-3H3,(H,22,29)(H,23,30). The molecule has 2 aromatic heterocycles. The van der Waals surface area contributed by atoms with Crippen LogP contribution >= 0.6 is 34.9 Å². The van der Waals surface area contributed by atoms with E-state index in [0.717, 1.165) is 31.4 Å². The van der Waals surface area contributed by atoms with E-state index >= 15 is 0 Å². The number of thioether (sulfide) groups is 2. The number of aryl methyl sites for hydroxylation is 2. The normalized spacial score (nSPS) is 11.0. The lowest BCUT2D eigenvalue weighted by molar-refractivity contribution is -0.114. The van der Waals surface area contributed by atoms with Crippen molar-refractivity contribution < 1.29 is 9.59 Å². The van der Waals surface area contributed by atoms with Gasteiger partial charge in [0.1, 0.15) is 0 Å². The number of aromatic nitrogens is 5. The molecule has 2 amide bonds. The van der Waals surface area contributed by atoms with E-state index in [9.17, 15) is 9.59 Å². The molecule has 0 aliphatic carbocycles. The average molecular weight is 500 g/mol. The van der Waals surface area contributed by atoms with Crippen molar-refractivity contribution in [3.63, 3.8) is 0 Å². The maximum atomic E-state index is 12.4. The number of hydrogen-bond donors (Lipinski definition) is 2. The summed E-state index contributed by atoms with van der Waals surface area (Å²) < 4.78 is 3.26. The number of thiazole rings is 1. The molecule has 0 bridgehead atoms. The van der Waals surface area contributed by atoms with Crippen LogP contribution in [-0.4, -0.2) is 48.5 Å². The molecule has 12 heteroatoms. The monoisotopic (exact) mass is 499 g/mol. The predicted molar refractivity (Wildman–Crippen MR) is 133 cm³/mol. The number of tetrazole rings is 1. The summed E-state index contributed by atoms with van der Waals surface area (Å²) in [6.07, 6.45) is 0. The Bertz CT molecular complexity index is 1320. The number of benzene rings is 2. The van der Waals surface area contributed by atoms with Crippen molar-refractivity contribution in [3.05, 3.63) is 47.5 Å². The number of amides is 2. The molecular formula is C21H21N7O2S3. The highest BCUT2D eigenvalue weighted by Crippen LogP contribution is 2.31. The van der Waals surface area contributed by atoms with Crippen LogP contribution in [0, 0.1) is 13.8 Å². The van der Waals surface area contributed by atoms with Gasteiger partial charge in [0.2, 0.25) is 17.0 Å². The SMILES string of the molecule is Cc1cccc(NC(=O)CSc2nc3ccc(NC(=O)CSc4nnnn4C)cc3s2)c1C. The molecule has 9 nitrogen and oxygen atoms in total. The third kappa shape index (κ3) is 5.89. The van der Waals surface area contributed by atoms with Gasteiger partial charge in [-0.2, -0.15) is 0 Å². The molecule has 0 fully saturated rings. The number of rotatable bonds is 8. The number of anilines is 2. The predicted octanol–water partition coefficient (Wildman–Crippen LogP) is 3.90. The zero-order valence-corrected chi connectivity index (χ0v) is 20.6. The van der Waals surface area contributed by atoms with Gasteiger partial charge in [-0.1, -0.05) is 35.7 Å². The van der Waals surface area contributed by atoms with Gasteiger partial charge in [-0.05, 0) is 59.7 Å². The van der Waals surface area contributed by atoms with Gasteiger partial charge >= 0.3 is 0 Å². The molecule has 2 aromatic carbocycles. The Kier molecular flexibility index (Phi) is 7.26. The number of fused-ring (bicyclic) bond motifs is 1. The first kappa shape index (κ1) is 23.2. The zero-order chi connectivity index (χ0) is 23.4. The van der Waals surface area contributed by atoms with Crippen LogP contribution in [0.2, 0.25) is 0 Å². The Morgan fingerprint density at radius 1 is 1.06 bits per heavy atom. The number of nitrogens with one attached hydrogen (secondary N) is 2. The summed E-state index contributed by atoms with van der Waals surface area (Å²) in [5.41, 5.74) is 4.56. The van der Waals surface area contributed by atoms with Crippen LogP contribution in [0.15, 0.2) is 45.9 Å². The second-order valence-electron chi connectivity index (χ2n) is 7.17. The van der Waals surface area contributed by atoms with Crippen molar-refractivity contribution in [2.75, 3.05) is 22.1 Å². The maximum Gasteiger partial charge on any atom is 0.234 e. The summed E-state index contributed by atoms with van der Waals surface area (Å²) in [7, 11) is 1.72. The summed E-state index contributed by atoms with van der Waals surface area (Å²) >= 11 is 4.15. The molecule has 0 aliphatic heterocycles. The van der Waals surface area contributed by atoms with Crippen LogP contribution in [0.25, 0.3) is 10.2 Å². The Hall–Kier alpha value is -2.96. The lowest BCUT2D eigenvalue weighted by Crippen LogP contribution is -2.15. The van der Waals surface area contributed by atoms with Gasteiger partial charge in [0.05, 0.1) is 21.7 Å². The molecule has 2 heterocycles. The fraction of sp³-hybridized carbons (Fsp3) is 0.238. The van der Waals surface area contributed by atoms with Crippen LogP contribution in [0.1, 0.15) is 11.1 Å². The van der Waals surface area contributed by atoms with Crippen molar-refractivity contribution in [2.24, 2.45) is 7.05 Å². The largest absolute Gasteiger partial charge is 0.325 e. The van der Waals surface area contributed by atoms with Crippen molar-refractivity contribution in [1.29, 1.82) is 0 Å². The molecule has 4 aromatic rings. The fourth-order valence-corrected chi connectivity index (χ4v) is 5.47. The van der Waals surface area contributed by atoms with E-state index in [0.29, 0.717) is 10.8 Å². The van der Waals surface area contributed by atoms with Gasteiger partial charge in [-0.3, -0.25) is 9.59 Å². The van der Waals surface area contributed by atoms with E-state index in [1.807, 2.05) is 50.2 Å². The van der Waals surface area contributed by atoms with Gasteiger partial charge < -0.3 is 10.6 Å². The second kappa shape index (κ2) is 10.3. The molecule has 0 saturated carbocycles. The van der Waals surface area contributed by atoms with E-state index in [-0.39, 0.29) is 23.3 Å². The maximum absolute atomic E-state index is 12.4. The number of hydrogen-bond acceptors (Lipinski definition) is 9. The summed E-state index contributed by atoms with van der Waals surface area (Å²) in [5, 5.41) is 17.6. The highest BCUT2D eigenvalue weighted by molar-refractivity contribution is 8.01. The summed E-state index contributed by atoms with van der Waals surface area (Å²) in [6, 6.07) is 11.4. The van der Waals surface area contributed by atoms with Crippen molar-refractivity contribution >= 4 is 68.3 Å². The molecule has 170 valence electrons. The number of carbonyl (C=O) groups is 2. The van der Waals surface area contributed by atoms with E-state index < -0.39 is 0 Å². The lowest BCUT2D eigenvalue weighted by Gasteiger charge is -2.09. The molecule has 0 saturated heterocycles. The van der Waals surface area contributed by atoms with Crippen LogP contribution < -0.4 is 10.6 Å². The molecule has 0 spiro atoms. The average Bonchev–Trinajstić information content (AvgIpc) is 3.39. The molecule has 4 rings (SSSR count). The zero-order valence-electron chi connectivity index (χ0n) is 18.2. The minimum atomic E-state index is -0.149. The summed E-state index contributed by atoms with van der Waals surface area (Å²) in [6.45, 7) is 4.01. The minimum absolute atomic E-state index is 0.0727. The third-order valence-corrected chi connectivity index (χ3v) is 7.94. The van der Waals surface area contributed by atoms with Crippen molar-refractivity contribution in [3.8, 4) is 0 Å². The van der Waals surface area contributed by atoms with Crippen LogP contribution in [0.4, 0.5) is 11.4 Å². The van der Waals surface area contributed by atoms with Crippen molar-refractivity contribution in [2.45, 2.75) is 23.3 Å². The van der Waals surface area contributed by atoms with E-state index in [4.69, 9.17) is 0 Å². The van der Waals surface area contributed by atoms with Gasteiger partial charge in [-0.15, -0.1) is 16.4 Å². The van der Waals surface area contributed by atoms with Crippen LogP contribution in [0.3, 0.4) is 0 Å². The highest BCUT2D eigenvalue weighted by atomic mass is 32.2. The Morgan fingerprint density at radius 2 is 1.85 bits per heavy atom. The molecule has 0 unspecified atom stereocenters. The first-order valence-corrected chi connectivity index (χ1v) is 12.7. The second-order valence-corrected chi connectivity index (χ2v) is 10.4. The van der Waals surface area contributed by atoms with Crippen molar-refractivity contribution in [1.82, 2.24) is 25.2 Å². The van der Waals surface area contributed by atoms with Gasteiger partial charge in [0, 0.05) is 18.4 Å². The fourth-order valence-electron chi connectivity index (χ4n) is 2.91. The Morgan fingerprint density at radius 3 is 2.64 bits per heavy atom. The van der Waals surface area contributed by atoms with E-state index in [2.05, 4.69) is 31.1 Å². The Labute approximate surface area is 202 Å². The molecule has 2 N–H and O–H groups in total. The first-order valence-electron chi connectivity index (χ1n) is 9.93.